The van der Waals surface area contributed by atoms with Gasteiger partial charge in [-0.3, -0.25) is 0 Å². The summed E-state index contributed by atoms with van der Waals surface area (Å²) in [5, 5.41) is 5.22. The van der Waals surface area contributed by atoms with Gasteiger partial charge in [-0.15, -0.1) is 0 Å². The maximum Gasteiger partial charge on any atom is 0.184 e. The highest BCUT2D eigenvalue weighted by atomic mass is 35.5. The summed E-state index contributed by atoms with van der Waals surface area (Å²) in [6, 6.07) is 5.84. The Labute approximate surface area is 97.3 Å². The molecule has 0 amide bonds. The molecule has 1 fully saturated rings. The normalized spacial score (nSPS) is 18.0. The molecule has 0 unspecified atom stereocenters. The summed E-state index contributed by atoms with van der Waals surface area (Å²) in [5.74, 6) is 0. The fourth-order valence-corrected chi connectivity index (χ4v) is 2.69. The first-order valence-corrected chi connectivity index (χ1v) is 6.18. The van der Waals surface area contributed by atoms with Crippen LogP contribution in [0, 0.1) is 0 Å². The van der Waals surface area contributed by atoms with E-state index in [1.54, 1.807) is 11.3 Å². The van der Waals surface area contributed by atoms with Crippen molar-refractivity contribution in [1.82, 2.24) is 4.98 Å². The van der Waals surface area contributed by atoms with Crippen LogP contribution in [0.15, 0.2) is 18.2 Å². The second-order valence-corrected chi connectivity index (χ2v) is 5.78. The summed E-state index contributed by atoms with van der Waals surface area (Å²) in [5.41, 5.74) is 1.27. The van der Waals surface area contributed by atoms with Gasteiger partial charge in [-0.2, -0.15) is 0 Å². The quantitative estimate of drug-likeness (QED) is 0.858. The van der Waals surface area contributed by atoms with Crippen molar-refractivity contribution in [3.05, 3.63) is 23.2 Å². The van der Waals surface area contributed by atoms with Crippen LogP contribution in [0.25, 0.3) is 10.2 Å². The highest BCUT2D eigenvalue weighted by molar-refractivity contribution is 7.22. The molecule has 0 saturated heterocycles. The monoisotopic (exact) mass is 238 g/mol. The Kier molecular flexibility index (Phi) is 1.94. The van der Waals surface area contributed by atoms with Crippen molar-refractivity contribution in [3.63, 3.8) is 0 Å². The van der Waals surface area contributed by atoms with Gasteiger partial charge in [0.05, 0.1) is 10.2 Å². The van der Waals surface area contributed by atoms with Crippen molar-refractivity contribution in [2.45, 2.75) is 25.3 Å². The Hall–Kier alpha value is -0.800. The molecule has 0 aliphatic heterocycles. The number of rotatable bonds is 2. The molecule has 1 aliphatic rings. The van der Waals surface area contributed by atoms with Gasteiger partial charge in [-0.1, -0.05) is 22.9 Å². The molecule has 1 heterocycles. The zero-order valence-corrected chi connectivity index (χ0v) is 9.95. The van der Waals surface area contributed by atoms with Crippen LogP contribution < -0.4 is 5.32 Å². The van der Waals surface area contributed by atoms with E-state index in [4.69, 9.17) is 11.6 Å². The lowest BCUT2D eigenvalue weighted by molar-refractivity contribution is 0.828. The van der Waals surface area contributed by atoms with Gasteiger partial charge in [-0.05, 0) is 38.0 Å². The minimum Gasteiger partial charge on any atom is -0.356 e. The minimum absolute atomic E-state index is 0.289. The Morgan fingerprint density at radius 3 is 3.00 bits per heavy atom. The number of hydrogen-bond donors (Lipinski definition) is 1. The predicted molar refractivity (Wildman–Crippen MR) is 65.9 cm³/mol. The summed E-state index contributed by atoms with van der Waals surface area (Å²) in [7, 11) is 0. The number of nitrogens with one attached hydrogen (secondary N) is 1. The number of aromatic nitrogens is 1. The van der Waals surface area contributed by atoms with Gasteiger partial charge in [0, 0.05) is 10.6 Å². The van der Waals surface area contributed by atoms with Crippen LogP contribution in [-0.2, 0) is 0 Å². The molecule has 1 aromatic heterocycles. The van der Waals surface area contributed by atoms with E-state index in [0.717, 1.165) is 15.7 Å². The van der Waals surface area contributed by atoms with Crippen molar-refractivity contribution in [2.24, 2.45) is 0 Å². The molecule has 0 bridgehead atoms. The number of hydrogen-bond acceptors (Lipinski definition) is 3. The molecule has 1 aromatic carbocycles. The van der Waals surface area contributed by atoms with Gasteiger partial charge in [0.25, 0.3) is 0 Å². The van der Waals surface area contributed by atoms with Crippen molar-refractivity contribution < 1.29 is 0 Å². The van der Waals surface area contributed by atoms with E-state index in [1.165, 1.54) is 17.5 Å². The van der Waals surface area contributed by atoms with Crippen molar-refractivity contribution in [2.75, 3.05) is 5.32 Å². The average molecular weight is 239 g/mol. The van der Waals surface area contributed by atoms with E-state index in [0.29, 0.717) is 0 Å². The Balaban J connectivity index is 1.99. The van der Waals surface area contributed by atoms with Crippen molar-refractivity contribution >= 4 is 38.3 Å². The minimum atomic E-state index is 0.289. The number of nitrogens with zero attached hydrogens (tertiary/aromatic N) is 1. The lowest BCUT2D eigenvalue weighted by atomic mass is 10.3. The van der Waals surface area contributed by atoms with E-state index in [1.807, 2.05) is 18.2 Å². The van der Waals surface area contributed by atoms with E-state index >= 15 is 0 Å². The molecule has 0 spiro atoms. The standard InChI is InChI=1S/C11H11ClN2S/c1-11(4-5-11)14-10-13-8-6-7(12)2-3-9(8)15-10/h2-3,6H,4-5H2,1H3,(H,13,14). The zero-order chi connectivity index (χ0) is 10.5. The van der Waals surface area contributed by atoms with E-state index in [9.17, 15) is 0 Å². The highest BCUT2D eigenvalue weighted by Gasteiger charge is 2.37. The Bertz CT molecular complexity index is 516. The first-order chi connectivity index (χ1) is 7.15. The molecule has 0 atom stereocenters. The second-order valence-electron chi connectivity index (χ2n) is 4.32. The first kappa shape index (κ1) is 9.43. The third-order valence-corrected chi connectivity index (χ3v) is 3.95. The summed E-state index contributed by atoms with van der Waals surface area (Å²) >= 11 is 7.61. The highest BCUT2D eigenvalue weighted by Crippen LogP contribution is 2.40. The second kappa shape index (κ2) is 3.09. The smallest absolute Gasteiger partial charge is 0.184 e. The van der Waals surface area contributed by atoms with Gasteiger partial charge in [0.2, 0.25) is 0 Å². The lowest BCUT2D eigenvalue weighted by Gasteiger charge is -2.08. The van der Waals surface area contributed by atoms with Gasteiger partial charge in [-0.25, -0.2) is 4.98 Å². The molecule has 1 aliphatic carbocycles. The summed E-state index contributed by atoms with van der Waals surface area (Å²) in [6.45, 7) is 2.23. The molecule has 2 aromatic rings. The van der Waals surface area contributed by atoms with Gasteiger partial charge in [0.15, 0.2) is 5.13 Å². The molecule has 15 heavy (non-hydrogen) atoms. The van der Waals surface area contributed by atoms with Crippen LogP contribution >= 0.6 is 22.9 Å². The fourth-order valence-electron chi connectivity index (χ4n) is 1.52. The largest absolute Gasteiger partial charge is 0.356 e. The molecule has 2 nitrogen and oxygen atoms in total. The maximum atomic E-state index is 5.92. The van der Waals surface area contributed by atoms with E-state index in [-0.39, 0.29) is 5.54 Å². The summed E-state index contributed by atoms with van der Waals surface area (Å²) in [6.07, 6.45) is 2.48. The van der Waals surface area contributed by atoms with Crippen LogP contribution in [0.3, 0.4) is 0 Å². The van der Waals surface area contributed by atoms with Gasteiger partial charge < -0.3 is 5.32 Å². The molecular weight excluding hydrogens is 228 g/mol. The number of halogens is 1. The molecule has 78 valence electrons. The first-order valence-electron chi connectivity index (χ1n) is 4.99. The molecular formula is C11H11ClN2S. The maximum absolute atomic E-state index is 5.92. The molecule has 0 radical (unpaired) electrons. The predicted octanol–water partition coefficient (Wildman–Crippen LogP) is 3.91. The van der Waals surface area contributed by atoms with Crippen molar-refractivity contribution in [1.29, 1.82) is 0 Å². The lowest BCUT2D eigenvalue weighted by Crippen LogP contribution is -2.15. The van der Waals surface area contributed by atoms with Gasteiger partial charge >= 0.3 is 0 Å². The third-order valence-electron chi connectivity index (χ3n) is 2.76. The Morgan fingerprint density at radius 1 is 1.47 bits per heavy atom. The number of thiazole rings is 1. The molecule has 4 heteroatoms. The van der Waals surface area contributed by atoms with Crippen molar-refractivity contribution in [3.8, 4) is 0 Å². The SMILES string of the molecule is CC1(Nc2nc3cc(Cl)ccc3s2)CC1. The summed E-state index contributed by atoms with van der Waals surface area (Å²) in [4.78, 5) is 4.52. The topological polar surface area (TPSA) is 24.9 Å². The van der Waals surface area contributed by atoms with Crippen LogP contribution in [-0.4, -0.2) is 10.5 Å². The van der Waals surface area contributed by atoms with E-state index < -0.39 is 0 Å². The van der Waals surface area contributed by atoms with Crippen LogP contribution in [0.1, 0.15) is 19.8 Å². The average Bonchev–Trinajstić information content (AvgIpc) is 2.76. The third kappa shape index (κ3) is 1.82. The number of anilines is 1. The zero-order valence-electron chi connectivity index (χ0n) is 8.38. The molecule has 1 saturated carbocycles. The number of benzene rings is 1. The van der Waals surface area contributed by atoms with Crippen LogP contribution in [0.4, 0.5) is 5.13 Å². The van der Waals surface area contributed by atoms with Crippen LogP contribution in [0.2, 0.25) is 5.02 Å². The number of fused-ring (bicyclic) bond motifs is 1. The fraction of sp³-hybridized carbons (Fsp3) is 0.364. The van der Waals surface area contributed by atoms with Gasteiger partial charge in [0.1, 0.15) is 0 Å². The van der Waals surface area contributed by atoms with E-state index in [2.05, 4.69) is 17.2 Å². The molecule has 3 rings (SSSR count). The van der Waals surface area contributed by atoms with Crippen LogP contribution in [0.5, 0.6) is 0 Å². The summed E-state index contributed by atoms with van der Waals surface area (Å²) < 4.78 is 1.19. The molecule has 1 N–H and O–H groups in total. The Morgan fingerprint density at radius 2 is 2.27 bits per heavy atom.